The largest absolute Gasteiger partial charge is 0.493 e. The summed E-state index contributed by atoms with van der Waals surface area (Å²) in [4.78, 5) is 15.4. The van der Waals surface area contributed by atoms with Crippen molar-refractivity contribution in [1.82, 2.24) is 10.2 Å². The summed E-state index contributed by atoms with van der Waals surface area (Å²) in [5.41, 5.74) is 8.34. The van der Waals surface area contributed by atoms with Gasteiger partial charge in [-0.1, -0.05) is 36.9 Å². The minimum Gasteiger partial charge on any atom is -0.493 e. The third-order valence-corrected chi connectivity index (χ3v) is 8.16. The molecule has 1 atom stereocenters. The second-order valence-electron chi connectivity index (χ2n) is 9.24. The van der Waals surface area contributed by atoms with Gasteiger partial charge in [-0.3, -0.25) is 9.69 Å². The molecule has 2 N–H and O–H groups in total. The zero-order valence-corrected chi connectivity index (χ0v) is 22.7. The van der Waals surface area contributed by atoms with Gasteiger partial charge in [0.15, 0.2) is 21.6 Å². The molecule has 1 aliphatic heterocycles. The maximum Gasteiger partial charge on any atom is 0.219 e. The van der Waals surface area contributed by atoms with E-state index in [4.69, 9.17) is 25.2 Å². The van der Waals surface area contributed by atoms with Crippen molar-refractivity contribution in [3.63, 3.8) is 0 Å². The number of ketones is 1. The van der Waals surface area contributed by atoms with Crippen molar-refractivity contribution in [2.45, 2.75) is 36.9 Å². The maximum absolute atomic E-state index is 13.7. The van der Waals surface area contributed by atoms with Crippen LogP contribution in [-0.2, 0) is 4.79 Å². The van der Waals surface area contributed by atoms with Gasteiger partial charge in [-0.05, 0) is 29.5 Å². The van der Waals surface area contributed by atoms with E-state index >= 15 is 0 Å². The van der Waals surface area contributed by atoms with E-state index in [-0.39, 0.29) is 28.3 Å². The minimum atomic E-state index is -0.728. The first-order chi connectivity index (χ1) is 17.7. The topological polar surface area (TPSA) is 147 Å². The molecule has 1 aliphatic carbocycles. The number of Topliss-reactive ketones (excluding diaryl/α,β-unsaturated/α-hetero) is 1. The number of aromatic nitrogens is 2. The van der Waals surface area contributed by atoms with E-state index in [0.29, 0.717) is 56.4 Å². The van der Waals surface area contributed by atoms with E-state index in [9.17, 15) is 10.1 Å². The Morgan fingerprint density at radius 3 is 2.41 bits per heavy atom. The van der Waals surface area contributed by atoms with E-state index in [1.54, 1.807) is 17.0 Å². The van der Waals surface area contributed by atoms with Crippen LogP contribution in [0.5, 0.6) is 17.2 Å². The molecule has 0 radical (unpaired) electrons. The zero-order chi connectivity index (χ0) is 26.9. The van der Waals surface area contributed by atoms with Crippen molar-refractivity contribution in [1.29, 1.82) is 10.5 Å². The van der Waals surface area contributed by atoms with Gasteiger partial charge in [-0.25, -0.2) is 0 Å². The van der Waals surface area contributed by atoms with E-state index < -0.39 is 5.92 Å². The average Bonchev–Trinajstić information content (AvgIpc) is 3.33. The van der Waals surface area contributed by atoms with Crippen LogP contribution in [0.4, 0.5) is 5.13 Å². The number of methoxy groups -OCH3 is 3. The molecule has 37 heavy (non-hydrogen) atoms. The highest BCUT2D eigenvalue weighted by molar-refractivity contribution is 8.01. The Morgan fingerprint density at radius 1 is 1.16 bits per heavy atom. The van der Waals surface area contributed by atoms with E-state index in [1.807, 2.05) is 13.8 Å². The van der Waals surface area contributed by atoms with Gasteiger partial charge in [0, 0.05) is 17.7 Å². The van der Waals surface area contributed by atoms with Gasteiger partial charge in [0.25, 0.3) is 0 Å². The summed E-state index contributed by atoms with van der Waals surface area (Å²) in [7, 11) is 4.53. The lowest BCUT2D eigenvalue weighted by Crippen LogP contribution is -2.42. The highest BCUT2D eigenvalue weighted by atomic mass is 32.2. The summed E-state index contributed by atoms with van der Waals surface area (Å²) in [5, 5.41) is 28.1. The number of nitriles is 2. The predicted molar refractivity (Wildman–Crippen MR) is 139 cm³/mol. The summed E-state index contributed by atoms with van der Waals surface area (Å²) in [6.07, 6.45) is 0.854. The fraction of sp³-hybridized carbons (Fsp3) is 0.400. The molecule has 1 aromatic carbocycles. The van der Waals surface area contributed by atoms with Crippen LogP contribution < -0.4 is 24.8 Å². The molecule has 1 aromatic heterocycles. The van der Waals surface area contributed by atoms with Gasteiger partial charge >= 0.3 is 0 Å². The number of benzene rings is 1. The normalized spacial score (nSPS) is 18.7. The van der Waals surface area contributed by atoms with Crippen LogP contribution >= 0.6 is 23.1 Å². The van der Waals surface area contributed by atoms with Gasteiger partial charge in [-0.15, -0.1) is 10.2 Å². The summed E-state index contributed by atoms with van der Waals surface area (Å²) >= 11 is 2.52. The molecule has 2 heterocycles. The van der Waals surface area contributed by atoms with Crippen molar-refractivity contribution >= 4 is 34.0 Å². The van der Waals surface area contributed by atoms with Crippen LogP contribution in [0.25, 0.3) is 0 Å². The van der Waals surface area contributed by atoms with Gasteiger partial charge in [0.05, 0.1) is 50.7 Å². The van der Waals surface area contributed by atoms with Crippen molar-refractivity contribution < 1.29 is 19.0 Å². The average molecular weight is 539 g/mol. The molecular weight excluding hydrogens is 512 g/mol. The molecule has 4 rings (SSSR count). The molecule has 0 fully saturated rings. The number of anilines is 1. The summed E-state index contributed by atoms with van der Waals surface area (Å²) in [5.74, 6) is 0.828. The van der Waals surface area contributed by atoms with Crippen LogP contribution in [0.15, 0.2) is 39.1 Å². The van der Waals surface area contributed by atoms with Crippen molar-refractivity contribution in [2.75, 3.05) is 32.0 Å². The Kier molecular flexibility index (Phi) is 7.35. The molecule has 0 saturated carbocycles. The Balaban J connectivity index is 1.96. The number of ether oxygens (including phenoxy) is 3. The molecule has 0 bridgehead atoms. The van der Waals surface area contributed by atoms with Crippen molar-refractivity contribution in [2.24, 2.45) is 11.1 Å². The first-order valence-corrected chi connectivity index (χ1v) is 13.1. The monoisotopic (exact) mass is 538 g/mol. The smallest absolute Gasteiger partial charge is 0.219 e. The van der Waals surface area contributed by atoms with Gasteiger partial charge < -0.3 is 19.9 Å². The quantitative estimate of drug-likeness (QED) is 0.508. The Morgan fingerprint density at radius 2 is 1.84 bits per heavy atom. The number of hydrogen-bond acceptors (Lipinski definition) is 12. The number of carbonyl (C=O) groups excluding carboxylic acids is 1. The number of nitrogens with zero attached hydrogens (tertiary/aromatic N) is 5. The van der Waals surface area contributed by atoms with Crippen LogP contribution in [-0.4, -0.2) is 43.1 Å². The molecule has 2 aliphatic rings. The van der Waals surface area contributed by atoms with Crippen molar-refractivity contribution in [3.8, 4) is 29.4 Å². The lowest BCUT2D eigenvalue weighted by Gasteiger charge is -2.42. The molecule has 2 aromatic rings. The van der Waals surface area contributed by atoms with E-state index in [2.05, 4.69) is 22.3 Å². The zero-order valence-electron chi connectivity index (χ0n) is 21.1. The first kappa shape index (κ1) is 26.3. The SMILES string of the molecule is COc1cc(C2C(C#N)=C(N)N(c3nnc(SCC#N)s3)C3=C2C(=O)CC(C)(C)C3)cc(OC)c1OC. The predicted octanol–water partition coefficient (Wildman–Crippen LogP) is 4.12. The highest BCUT2D eigenvalue weighted by Crippen LogP contribution is 2.52. The number of hydrogen-bond donors (Lipinski definition) is 1. The van der Waals surface area contributed by atoms with E-state index in [1.165, 1.54) is 44.4 Å². The van der Waals surface area contributed by atoms with Gasteiger partial charge in [0.2, 0.25) is 10.9 Å². The second-order valence-corrected chi connectivity index (χ2v) is 11.4. The number of thioether (sulfide) groups is 1. The molecule has 192 valence electrons. The summed E-state index contributed by atoms with van der Waals surface area (Å²) in [6, 6.07) is 7.80. The lowest BCUT2D eigenvalue weighted by molar-refractivity contribution is -0.118. The van der Waals surface area contributed by atoms with Crippen LogP contribution in [0, 0.1) is 28.1 Å². The molecule has 10 nitrogen and oxygen atoms in total. The van der Waals surface area contributed by atoms with Crippen molar-refractivity contribution in [3.05, 3.63) is 40.4 Å². The highest BCUT2D eigenvalue weighted by Gasteiger charge is 2.45. The lowest BCUT2D eigenvalue weighted by atomic mass is 9.68. The molecule has 0 spiro atoms. The van der Waals surface area contributed by atoms with Gasteiger partial charge in [0.1, 0.15) is 5.82 Å². The van der Waals surface area contributed by atoms with Gasteiger partial charge in [-0.2, -0.15) is 10.5 Å². The fourth-order valence-electron chi connectivity index (χ4n) is 4.77. The number of nitrogens with two attached hydrogens (primary N) is 1. The van der Waals surface area contributed by atoms with Crippen LogP contribution in [0.3, 0.4) is 0 Å². The van der Waals surface area contributed by atoms with Crippen LogP contribution in [0.2, 0.25) is 0 Å². The Labute approximate surface area is 223 Å². The number of carbonyl (C=O) groups is 1. The molecule has 12 heteroatoms. The summed E-state index contributed by atoms with van der Waals surface area (Å²) < 4.78 is 17.1. The second kappa shape index (κ2) is 10.3. The van der Waals surface area contributed by atoms with E-state index in [0.717, 1.165) is 0 Å². The third-order valence-electron chi connectivity index (χ3n) is 6.25. The Hall–Kier alpha value is -3.74. The maximum atomic E-state index is 13.7. The minimum absolute atomic E-state index is 0.0705. The summed E-state index contributed by atoms with van der Waals surface area (Å²) in [6.45, 7) is 4.05. The number of rotatable bonds is 7. The molecule has 1 unspecified atom stereocenters. The molecule has 0 saturated heterocycles. The molecule has 0 amide bonds. The standard InChI is InChI=1S/C25H26N6O4S2/c1-25(2)10-15-20(16(32)11-25)19(13-8-17(33-3)21(35-5)18(9-13)34-4)14(12-27)22(28)31(15)23-29-30-24(37-23)36-7-6-26/h8-9,19H,7,10-11,28H2,1-5H3. The third kappa shape index (κ3) is 4.70. The Bertz CT molecular complexity index is 1370. The van der Waals surface area contributed by atoms with Crippen LogP contribution in [0.1, 0.15) is 38.2 Å². The molecular formula is C25H26N6O4S2. The fourth-order valence-corrected chi connectivity index (χ4v) is 6.32. The number of allylic oxidation sites excluding steroid dienone is 3. The first-order valence-electron chi connectivity index (χ1n) is 11.3.